The van der Waals surface area contributed by atoms with E-state index in [-0.39, 0.29) is 102 Å². The lowest BCUT2D eigenvalue weighted by atomic mass is 10.00. The number of carbonyl (C=O) groups excluding carboxylic acids is 9. The second-order valence-electron chi connectivity index (χ2n) is 20.4. The molecule has 0 aliphatic carbocycles. The van der Waals surface area contributed by atoms with Crippen LogP contribution in [0.4, 0.5) is 0 Å². The second-order valence-corrected chi connectivity index (χ2v) is 20.4. The molecule has 1 aliphatic heterocycles. The lowest BCUT2D eigenvalue weighted by Crippen LogP contribution is -2.61. The topological polar surface area (TPSA) is 386 Å². The number of unbranched alkanes of at least 4 members (excludes halogenated alkanes) is 1. The smallest absolute Gasteiger partial charge is 0.243 e. The number of carbonyl (C=O) groups is 9. The maximum absolute atomic E-state index is 14.3. The first-order valence-electron chi connectivity index (χ1n) is 26.3. The standard InChI is InChI=1S/C51H89N13O10/c1-30(2)12-10-11-15-34(65)29-43(66)57-35(16-21-52)45(68)61-39-20-25-56-44(67)40(26-31(3)4)62-47(70)37(18-23-54)58-46(69)36(17-22-53)60-51(74)42(28-33-13-8-7-9-14-33)64-50(73)41(27-32(5)6)63-48(71)38(19-24-55)59-49(39)72/h7-9,13-14,30-32,34-42,65H,10-12,15-29,52-55H2,1-6H3,(H,56,67)(H,57,66)(H,58,69)(H,59,72)(H,60,74)(H,61,68)(H,62,70)(H,63,71)(H,64,73)/t34-,35-,36+,37+,38+,39+,40+,41-,42+/m1/s1. The van der Waals surface area contributed by atoms with E-state index in [0.717, 1.165) is 12.8 Å². The first-order chi connectivity index (χ1) is 35.1. The Hall–Kier alpha value is -5.75. The maximum Gasteiger partial charge on any atom is 0.243 e. The molecular weight excluding hydrogens is 955 g/mol. The van der Waals surface area contributed by atoms with Crippen molar-refractivity contribution in [3.8, 4) is 0 Å². The molecule has 9 amide bonds. The molecule has 0 bridgehead atoms. The molecule has 1 heterocycles. The van der Waals surface area contributed by atoms with E-state index in [4.69, 9.17) is 22.9 Å². The van der Waals surface area contributed by atoms with E-state index in [1.54, 1.807) is 30.3 Å². The molecule has 1 aromatic rings. The van der Waals surface area contributed by atoms with Gasteiger partial charge < -0.3 is 75.9 Å². The summed E-state index contributed by atoms with van der Waals surface area (Å²) in [6.45, 7) is 11.0. The van der Waals surface area contributed by atoms with Gasteiger partial charge in [-0.25, -0.2) is 0 Å². The van der Waals surface area contributed by atoms with Gasteiger partial charge in [0.1, 0.15) is 48.3 Å². The van der Waals surface area contributed by atoms with E-state index in [0.29, 0.717) is 24.3 Å². The lowest BCUT2D eigenvalue weighted by Gasteiger charge is -2.28. The van der Waals surface area contributed by atoms with Gasteiger partial charge in [0.15, 0.2) is 0 Å². The van der Waals surface area contributed by atoms with E-state index in [2.05, 4.69) is 61.7 Å². The summed E-state index contributed by atoms with van der Waals surface area (Å²) in [6, 6.07) is -1.56. The molecule has 1 fully saturated rings. The molecule has 0 radical (unpaired) electrons. The van der Waals surface area contributed by atoms with Crippen LogP contribution in [-0.2, 0) is 49.6 Å². The van der Waals surface area contributed by atoms with Crippen molar-refractivity contribution in [2.75, 3.05) is 32.7 Å². The van der Waals surface area contributed by atoms with Gasteiger partial charge in [0.2, 0.25) is 53.2 Å². The van der Waals surface area contributed by atoms with Crippen molar-refractivity contribution in [2.45, 2.75) is 179 Å². The number of hydrogen-bond donors (Lipinski definition) is 14. The van der Waals surface area contributed by atoms with Crippen LogP contribution in [0.5, 0.6) is 0 Å². The minimum Gasteiger partial charge on any atom is -0.393 e. The molecule has 18 N–H and O–H groups in total. The molecule has 0 spiro atoms. The van der Waals surface area contributed by atoms with Crippen LogP contribution >= 0.6 is 0 Å². The highest BCUT2D eigenvalue weighted by molar-refractivity contribution is 5.98. The first-order valence-corrected chi connectivity index (χ1v) is 26.3. The highest BCUT2D eigenvalue weighted by atomic mass is 16.3. The maximum atomic E-state index is 14.3. The van der Waals surface area contributed by atoms with E-state index >= 15 is 0 Å². The van der Waals surface area contributed by atoms with Crippen LogP contribution in [0, 0.1) is 17.8 Å². The molecule has 23 nitrogen and oxygen atoms in total. The Kier molecular flexibility index (Phi) is 30.2. The molecule has 23 heteroatoms. The molecule has 2 rings (SSSR count). The normalized spacial score (nSPS) is 23.1. The van der Waals surface area contributed by atoms with E-state index < -0.39 is 108 Å². The number of nitrogens with two attached hydrogens (primary N) is 4. The number of aliphatic hydroxyl groups excluding tert-OH is 1. The summed E-state index contributed by atoms with van der Waals surface area (Å²) in [5.41, 5.74) is 24.3. The molecule has 1 saturated heterocycles. The first kappa shape index (κ1) is 64.4. The van der Waals surface area contributed by atoms with E-state index in [1.165, 1.54) is 0 Å². The summed E-state index contributed by atoms with van der Waals surface area (Å²) < 4.78 is 0. The number of rotatable bonds is 24. The van der Waals surface area contributed by atoms with Gasteiger partial charge in [-0.15, -0.1) is 0 Å². The summed E-state index contributed by atoms with van der Waals surface area (Å²) in [5.74, 6) is -6.60. The number of amides is 9. The quantitative estimate of drug-likeness (QED) is 0.0503. The third-order valence-corrected chi connectivity index (χ3v) is 12.3. The van der Waals surface area contributed by atoms with Crippen LogP contribution in [0.1, 0.15) is 124 Å². The fourth-order valence-electron chi connectivity index (χ4n) is 8.35. The van der Waals surface area contributed by atoms with Crippen molar-refractivity contribution in [3.63, 3.8) is 0 Å². The summed E-state index contributed by atoms with van der Waals surface area (Å²) >= 11 is 0. The third-order valence-electron chi connectivity index (χ3n) is 12.3. The van der Waals surface area contributed by atoms with Crippen molar-refractivity contribution < 1.29 is 48.3 Å². The molecule has 74 heavy (non-hydrogen) atoms. The molecule has 0 saturated carbocycles. The zero-order valence-electron chi connectivity index (χ0n) is 44.5. The van der Waals surface area contributed by atoms with Gasteiger partial charge in [-0.05, 0) is 101 Å². The number of hydrogen-bond acceptors (Lipinski definition) is 14. The van der Waals surface area contributed by atoms with Gasteiger partial charge in [0.25, 0.3) is 0 Å². The molecule has 0 unspecified atom stereocenters. The van der Waals surface area contributed by atoms with Gasteiger partial charge in [0.05, 0.1) is 12.5 Å². The number of benzene rings is 1. The largest absolute Gasteiger partial charge is 0.393 e. The van der Waals surface area contributed by atoms with Crippen molar-refractivity contribution in [2.24, 2.45) is 40.7 Å². The van der Waals surface area contributed by atoms with Crippen LogP contribution in [0.15, 0.2) is 30.3 Å². The molecule has 1 aliphatic rings. The summed E-state index contributed by atoms with van der Waals surface area (Å²) in [5, 5.41) is 34.7. The molecule has 418 valence electrons. The van der Waals surface area contributed by atoms with Crippen molar-refractivity contribution >= 4 is 53.2 Å². The predicted octanol–water partition coefficient (Wildman–Crippen LogP) is -1.92. The Labute approximate surface area is 436 Å². The molecular formula is C51H89N13O10. The Morgan fingerprint density at radius 3 is 1.50 bits per heavy atom. The van der Waals surface area contributed by atoms with Crippen molar-refractivity contribution in [1.29, 1.82) is 0 Å². The van der Waals surface area contributed by atoms with Gasteiger partial charge in [-0.2, -0.15) is 0 Å². The zero-order valence-corrected chi connectivity index (χ0v) is 44.5. The average Bonchev–Trinajstić information content (AvgIpc) is 3.33. The monoisotopic (exact) mass is 1040 g/mol. The Morgan fingerprint density at radius 1 is 0.568 bits per heavy atom. The van der Waals surface area contributed by atoms with Gasteiger partial charge in [-0.3, -0.25) is 43.2 Å². The molecule has 1 aromatic carbocycles. The Morgan fingerprint density at radius 2 is 1.01 bits per heavy atom. The fourth-order valence-corrected chi connectivity index (χ4v) is 8.35. The van der Waals surface area contributed by atoms with Crippen LogP contribution in [0.2, 0.25) is 0 Å². The van der Waals surface area contributed by atoms with Gasteiger partial charge >= 0.3 is 0 Å². The van der Waals surface area contributed by atoms with Crippen LogP contribution in [-0.4, -0.2) is 145 Å². The summed E-state index contributed by atoms with van der Waals surface area (Å²) in [4.78, 5) is 126. The highest BCUT2D eigenvalue weighted by Crippen LogP contribution is 2.14. The summed E-state index contributed by atoms with van der Waals surface area (Å²) in [7, 11) is 0. The minimum absolute atomic E-state index is 0.0372. The van der Waals surface area contributed by atoms with Crippen LogP contribution in [0.3, 0.4) is 0 Å². The van der Waals surface area contributed by atoms with Crippen molar-refractivity contribution in [1.82, 2.24) is 47.9 Å². The summed E-state index contributed by atoms with van der Waals surface area (Å²) in [6.07, 6.45) is 1.36. The zero-order chi connectivity index (χ0) is 55.3. The van der Waals surface area contributed by atoms with Gasteiger partial charge in [0, 0.05) is 13.0 Å². The third kappa shape index (κ3) is 24.5. The Balaban J connectivity index is 2.67. The number of aliphatic hydroxyl groups is 1. The Bertz CT molecular complexity index is 1940. The number of nitrogens with one attached hydrogen (secondary N) is 9. The second kappa shape index (κ2) is 34.7. The van der Waals surface area contributed by atoms with Gasteiger partial charge in [-0.1, -0.05) is 91.1 Å². The van der Waals surface area contributed by atoms with E-state index in [1.807, 2.05) is 27.7 Å². The molecule has 0 aromatic heterocycles. The van der Waals surface area contributed by atoms with E-state index in [9.17, 15) is 48.3 Å². The fraction of sp³-hybridized carbons (Fsp3) is 0.706. The predicted molar refractivity (Wildman–Crippen MR) is 281 cm³/mol. The van der Waals surface area contributed by atoms with Crippen LogP contribution < -0.4 is 70.8 Å². The van der Waals surface area contributed by atoms with Crippen LogP contribution in [0.25, 0.3) is 0 Å². The SMILES string of the molecule is CC(C)CCCC[C@@H](O)CC(=O)N[C@H](CCN)C(=O)N[C@H]1CCNC(=O)[C@H](CC(C)C)NC(=O)[C@H](CCN)NC(=O)[C@H](CCN)NC(=O)[C@H](Cc2ccccc2)NC(=O)[C@@H](CC(C)C)NC(=O)[C@H](CCN)NC1=O. The van der Waals surface area contributed by atoms with Crippen molar-refractivity contribution in [3.05, 3.63) is 35.9 Å². The minimum atomic E-state index is -1.46. The average molecular weight is 1040 g/mol. The molecule has 9 atom stereocenters. The highest BCUT2D eigenvalue weighted by Gasteiger charge is 2.35. The lowest BCUT2D eigenvalue weighted by molar-refractivity contribution is -0.136.